The number of methoxy groups -OCH3 is 1. The number of carbonyl (C=O) groups is 2. The van der Waals surface area contributed by atoms with E-state index in [1.54, 1.807) is 6.92 Å². The molecule has 0 bridgehead atoms. The molecule has 0 heterocycles. The first-order valence-corrected chi connectivity index (χ1v) is 9.41. The van der Waals surface area contributed by atoms with Gasteiger partial charge in [0.25, 0.3) is 5.91 Å². The topological polar surface area (TPSA) is 90.0 Å². The fourth-order valence-corrected chi connectivity index (χ4v) is 3.22. The van der Waals surface area contributed by atoms with Crippen LogP contribution in [0.15, 0.2) is 23.1 Å². The Kier molecular flexibility index (Phi) is 7.65. The third-order valence-electron chi connectivity index (χ3n) is 3.06. The molecule has 1 amide bonds. The van der Waals surface area contributed by atoms with Crippen LogP contribution in [0, 0.1) is 0 Å². The molecule has 9 heteroatoms. The maximum absolute atomic E-state index is 12.6. The average Bonchev–Trinajstić information content (AvgIpc) is 2.50. The molecule has 0 aliphatic carbocycles. The first-order valence-electron chi connectivity index (χ1n) is 7.14. The standard InChI is InChI=1S/C15H20ClNO6S/c1-4-23-14(18)10-17(7-8-22-2)15(19)11-5-6-12(16)13(9-11)24(3,20)21/h5-6,9H,4,7-8,10H2,1-3H3. The highest BCUT2D eigenvalue weighted by molar-refractivity contribution is 7.90. The van der Waals surface area contributed by atoms with E-state index in [0.717, 1.165) is 6.26 Å². The van der Waals surface area contributed by atoms with E-state index in [9.17, 15) is 18.0 Å². The highest BCUT2D eigenvalue weighted by Crippen LogP contribution is 2.23. The van der Waals surface area contributed by atoms with E-state index in [1.807, 2.05) is 0 Å². The van der Waals surface area contributed by atoms with Crippen LogP contribution in [0.1, 0.15) is 17.3 Å². The van der Waals surface area contributed by atoms with Gasteiger partial charge in [-0.1, -0.05) is 11.6 Å². The predicted octanol–water partition coefficient (Wildman–Crippen LogP) is 1.40. The van der Waals surface area contributed by atoms with Crippen LogP contribution in [-0.4, -0.2) is 64.9 Å². The summed E-state index contributed by atoms with van der Waals surface area (Å²) in [5, 5.41) is 0.0304. The lowest BCUT2D eigenvalue weighted by molar-refractivity contribution is -0.143. The fraction of sp³-hybridized carbons (Fsp3) is 0.467. The Morgan fingerprint density at radius 3 is 2.50 bits per heavy atom. The molecular formula is C15H20ClNO6S. The van der Waals surface area contributed by atoms with Gasteiger partial charge < -0.3 is 14.4 Å². The zero-order valence-electron chi connectivity index (χ0n) is 13.7. The van der Waals surface area contributed by atoms with Crippen molar-refractivity contribution in [3.8, 4) is 0 Å². The van der Waals surface area contributed by atoms with Crippen molar-refractivity contribution in [2.45, 2.75) is 11.8 Å². The summed E-state index contributed by atoms with van der Waals surface area (Å²) in [6, 6.07) is 3.94. The largest absolute Gasteiger partial charge is 0.465 e. The minimum atomic E-state index is -3.58. The molecule has 0 N–H and O–H groups in total. The van der Waals surface area contributed by atoms with Gasteiger partial charge in [0.05, 0.1) is 23.1 Å². The van der Waals surface area contributed by atoms with Crippen LogP contribution in [0.3, 0.4) is 0 Å². The molecule has 0 fully saturated rings. The molecule has 24 heavy (non-hydrogen) atoms. The van der Waals surface area contributed by atoms with Crippen molar-refractivity contribution in [2.24, 2.45) is 0 Å². The van der Waals surface area contributed by atoms with Crippen LogP contribution in [0.4, 0.5) is 0 Å². The summed E-state index contributed by atoms with van der Waals surface area (Å²) in [6.45, 7) is 1.98. The molecular weight excluding hydrogens is 358 g/mol. The summed E-state index contributed by atoms with van der Waals surface area (Å²) < 4.78 is 33.2. The normalized spacial score (nSPS) is 11.2. The fourth-order valence-electron chi connectivity index (χ4n) is 1.92. The number of halogens is 1. The Morgan fingerprint density at radius 1 is 1.29 bits per heavy atom. The van der Waals surface area contributed by atoms with Gasteiger partial charge in [0.15, 0.2) is 9.84 Å². The molecule has 0 saturated carbocycles. The number of rotatable bonds is 8. The molecule has 0 spiro atoms. The van der Waals surface area contributed by atoms with Gasteiger partial charge in [0, 0.05) is 25.5 Å². The molecule has 1 rings (SSSR count). The van der Waals surface area contributed by atoms with Crippen molar-refractivity contribution in [1.29, 1.82) is 0 Å². The number of hydrogen-bond donors (Lipinski definition) is 0. The predicted molar refractivity (Wildman–Crippen MR) is 89.0 cm³/mol. The van der Waals surface area contributed by atoms with Crippen LogP contribution in [0.5, 0.6) is 0 Å². The zero-order valence-corrected chi connectivity index (χ0v) is 15.3. The minimum absolute atomic E-state index is 0.0304. The molecule has 0 saturated heterocycles. The van der Waals surface area contributed by atoms with Gasteiger partial charge in [0.1, 0.15) is 6.54 Å². The Hall–Kier alpha value is -1.64. The summed E-state index contributed by atoms with van der Waals surface area (Å²) in [6.07, 6.45) is 1.00. The monoisotopic (exact) mass is 377 g/mol. The van der Waals surface area contributed by atoms with E-state index in [-0.39, 0.29) is 41.8 Å². The molecule has 1 aromatic carbocycles. The highest BCUT2D eigenvalue weighted by atomic mass is 35.5. The van der Waals surface area contributed by atoms with Gasteiger partial charge in [-0.25, -0.2) is 8.42 Å². The van der Waals surface area contributed by atoms with Gasteiger partial charge >= 0.3 is 5.97 Å². The van der Waals surface area contributed by atoms with E-state index in [0.29, 0.717) is 0 Å². The van der Waals surface area contributed by atoms with Crippen LogP contribution in [0.25, 0.3) is 0 Å². The number of hydrogen-bond acceptors (Lipinski definition) is 6. The smallest absolute Gasteiger partial charge is 0.325 e. The van der Waals surface area contributed by atoms with Crippen LogP contribution >= 0.6 is 11.6 Å². The van der Waals surface area contributed by atoms with E-state index in [1.165, 1.54) is 30.2 Å². The number of benzene rings is 1. The summed E-state index contributed by atoms with van der Waals surface area (Å²) in [5.41, 5.74) is 0.111. The van der Waals surface area contributed by atoms with Gasteiger partial charge in [-0.2, -0.15) is 0 Å². The SMILES string of the molecule is CCOC(=O)CN(CCOC)C(=O)c1ccc(Cl)c(S(C)(=O)=O)c1. The lowest BCUT2D eigenvalue weighted by Crippen LogP contribution is -2.38. The van der Waals surface area contributed by atoms with Crippen LogP contribution in [0.2, 0.25) is 5.02 Å². The van der Waals surface area contributed by atoms with Crippen molar-refractivity contribution in [2.75, 3.05) is 39.7 Å². The Bertz CT molecular complexity index is 704. The second-order valence-corrected chi connectivity index (χ2v) is 7.33. The van der Waals surface area contributed by atoms with Crippen molar-refractivity contribution in [3.05, 3.63) is 28.8 Å². The molecule has 0 aliphatic rings. The molecule has 0 unspecified atom stereocenters. The molecule has 0 aliphatic heterocycles. The summed E-state index contributed by atoms with van der Waals surface area (Å²) in [7, 11) is -2.11. The van der Waals surface area contributed by atoms with Crippen molar-refractivity contribution in [3.63, 3.8) is 0 Å². The third kappa shape index (κ3) is 5.77. The minimum Gasteiger partial charge on any atom is -0.465 e. The van der Waals surface area contributed by atoms with Gasteiger partial charge in [-0.15, -0.1) is 0 Å². The molecule has 0 radical (unpaired) electrons. The number of sulfone groups is 1. The second kappa shape index (κ2) is 9.00. The third-order valence-corrected chi connectivity index (χ3v) is 4.63. The molecule has 1 aromatic rings. The second-order valence-electron chi connectivity index (χ2n) is 4.94. The maximum Gasteiger partial charge on any atom is 0.325 e. The Labute approximate surface area is 146 Å². The average molecular weight is 378 g/mol. The quantitative estimate of drug-likeness (QED) is 0.636. The number of carbonyl (C=O) groups excluding carboxylic acids is 2. The van der Waals surface area contributed by atoms with E-state index >= 15 is 0 Å². The van der Waals surface area contributed by atoms with Crippen LogP contribution < -0.4 is 0 Å². The first kappa shape index (κ1) is 20.4. The lowest BCUT2D eigenvalue weighted by Gasteiger charge is -2.21. The van der Waals surface area contributed by atoms with E-state index in [2.05, 4.69) is 0 Å². The van der Waals surface area contributed by atoms with Crippen molar-refractivity contribution in [1.82, 2.24) is 4.90 Å². The first-order chi connectivity index (χ1) is 11.2. The van der Waals surface area contributed by atoms with E-state index < -0.39 is 21.7 Å². The Balaban J connectivity index is 3.11. The summed E-state index contributed by atoms with van der Waals surface area (Å²) in [4.78, 5) is 25.4. The van der Waals surface area contributed by atoms with Crippen molar-refractivity contribution < 1.29 is 27.5 Å². The zero-order chi connectivity index (χ0) is 18.3. The lowest BCUT2D eigenvalue weighted by atomic mass is 10.2. The number of nitrogens with zero attached hydrogens (tertiary/aromatic N) is 1. The Morgan fingerprint density at radius 2 is 1.96 bits per heavy atom. The van der Waals surface area contributed by atoms with Crippen LogP contribution in [-0.2, 0) is 24.1 Å². The van der Waals surface area contributed by atoms with Gasteiger partial charge in [-0.3, -0.25) is 9.59 Å². The van der Waals surface area contributed by atoms with Crippen molar-refractivity contribution >= 4 is 33.3 Å². The summed E-state index contributed by atoms with van der Waals surface area (Å²) >= 11 is 5.88. The van der Waals surface area contributed by atoms with Gasteiger partial charge in [0.2, 0.25) is 0 Å². The number of amides is 1. The molecule has 134 valence electrons. The van der Waals surface area contributed by atoms with Gasteiger partial charge in [-0.05, 0) is 25.1 Å². The molecule has 0 aromatic heterocycles. The molecule has 0 atom stereocenters. The summed E-state index contributed by atoms with van der Waals surface area (Å²) in [5.74, 6) is -1.07. The van der Waals surface area contributed by atoms with E-state index in [4.69, 9.17) is 21.1 Å². The molecule has 7 nitrogen and oxygen atoms in total. The number of ether oxygens (including phenoxy) is 2. The highest BCUT2D eigenvalue weighted by Gasteiger charge is 2.22. The number of esters is 1. The maximum atomic E-state index is 12.6.